The first-order valence-electron chi connectivity index (χ1n) is 7.61. The number of ether oxygens (including phenoxy) is 1. The van der Waals surface area contributed by atoms with Crippen LogP contribution in [0.15, 0.2) is 17.8 Å². The van der Waals surface area contributed by atoms with Crippen LogP contribution in [0.4, 0.5) is 0 Å². The molecular weight excluding hydrogens is 270 g/mol. The first-order valence-corrected chi connectivity index (χ1v) is 8.49. The normalized spacial score (nSPS) is 20.8. The fourth-order valence-electron chi connectivity index (χ4n) is 2.86. The van der Waals surface area contributed by atoms with Gasteiger partial charge in [-0.1, -0.05) is 6.92 Å². The topological polar surface area (TPSA) is 38.6 Å². The van der Waals surface area contributed by atoms with Gasteiger partial charge in [0.25, 0.3) is 0 Å². The predicted octanol–water partition coefficient (Wildman–Crippen LogP) is 2.88. The lowest BCUT2D eigenvalue weighted by Crippen LogP contribution is -2.35. The summed E-state index contributed by atoms with van der Waals surface area (Å²) in [5, 5.41) is 5.73. The van der Waals surface area contributed by atoms with Crippen molar-refractivity contribution in [1.82, 2.24) is 14.7 Å². The van der Waals surface area contributed by atoms with E-state index in [1.165, 1.54) is 25.0 Å². The second-order valence-electron chi connectivity index (χ2n) is 5.55. The maximum atomic E-state index is 5.78. The summed E-state index contributed by atoms with van der Waals surface area (Å²) in [6, 6.07) is 0.475. The number of nitrogens with one attached hydrogen (secondary N) is 1. The second kappa shape index (κ2) is 6.70. The summed E-state index contributed by atoms with van der Waals surface area (Å²) in [5.74, 6) is 0. The van der Waals surface area contributed by atoms with Crippen molar-refractivity contribution < 1.29 is 4.74 Å². The molecule has 2 unspecified atom stereocenters. The number of hydrogen-bond donors (Lipinski definition) is 1. The van der Waals surface area contributed by atoms with Crippen molar-refractivity contribution in [2.45, 2.75) is 51.2 Å². The van der Waals surface area contributed by atoms with Gasteiger partial charge in [-0.2, -0.15) is 0 Å². The molecular formula is C15H23N3OS. The molecule has 1 aliphatic rings. The maximum Gasteiger partial charge on any atom is 0.193 e. The molecule has 1 saturated heterocycles. The summed E-state index contributed by atoms with van der Waals surface area (Å²) in [6.45, 7) is 4.22. The van der Waals surface area contributed by atoms with Crippen molar-refractivity contribution in [3.8, 4) is 0 Å². The lowest BCUT2D eigenvalue weighted by atomic mass is 10.0. The third kappa shape index (κ3) is 3.40. The summed E-state index contributed by atoms with van der Waals surface area (Å²) in [5.41, 5.74) is 1.18. The maximum absolute atomic E-state index is 5.78. The monoisotopic (exact) mass is 293 g/mol. The molecule has 20 heavy (non-hydrogen) atoms. The van der Waals surface area contributed by atoms with E-state index in [1.807, 2.05) is 0 Å². The predicted molar refractivity (Wildman–Crippen MR) is 82.4 cm³/mol. The average molecular weight is 293 g/mol. The van der Waals surface area contributed by atoms with Gasteiger partial charge >= 0.3 is 0 Å². The van der Waals surface area contributed by atoms with Crippen molar-refractivity contribution >= 4 is 16.3 Å². The van der Waals surface area contributed by atoms with Crippen LogP contribution >= 0.6 is 11.3 Å². The third-order valence-corrected chi connectivity index (χ3v) is 4.62. The molecule has 4 nitrogen and oxygen atoms in total. The Kier molecular flexibility index (Phi) is 4.70. The molecule has 110 valence electrons. The van der Waals surface area contributed by atoms with Gasteiger partial charge in [-0.15, -0.1) is 11.3 Å². The largest absolute Gasteiger partial charge is 0.378 e. The molecule has 3 rings (SSSR count). The van der Waals surface area contributed by atoms with Crippen LogP contribution < -0.4 is 5.32 Å². The molecule has 1 fully saturated rings. The lowest BCUT2D eigenvalue weighted by Gasteiger charge is -2.20. The smallest absolute Gasteiger partial charge is 0.193 e. The summed E-state index contributed by atoms with van der Waals surface area (Å²) in [7, 11) is 0. The Morgan fingerprint density at radius 3 is 3.30 bits per heavy atom. The zero-order chi connectivity index (χ0) is 13.8. The molecule has 0 aromatic carbocycles. The van der Waals surface area contributed by atoms with Crippen LogP contribution in [0.1, 0.15) is 38.3 Å². The van der Waals surface area contributed by atoms with Gasteiger partial charge in [-0.3, -0.25) is 4.40 Å². The van der Waals surface area contributed by atoms with E-state index in [1.54, 1.807) is 11.3 Å². The molecule has 0 amide bonds. The molecule has 0 bridgehead atoms. The van der Waals surface area contributed by atoms with Crippen LogP contribution in [-0.4, -0.2) is 34.7 Å². The highest BCUT2D eigenvalue weighted by Gasteiger charge is 2.21. The van der Waals surface area contributed by atoms with Crippen LogP contribution in [0.25, 0.3) is 4.96 Å². The van der Waals surface area contributed by atoms with E-state index in [2.05, 4.69) is 34.4 Å². The first kappa shape index (κ1) is 14.0. The van der Waals surface area contributed by atoms with Gasteiger partial charge in [0.1, 0.15) is 0 Å². The van der Waals surface area contributed by atoms with E-state index in [4.69, 9.17) is 9.72 Å². The fraction of sp³-hybridized carbons (Fsp3) is 0.667. The summed E-state index contributed by atoms with van der Waals surface area (Å²) >= 11 is 1.69. The Morgan fingerprint density at radius 1 is 1.60 bits per heavy atom. The van der Waals surface area contributed by atoms with E-state index in [0.29, 0.717) is 12.1 Å². The molecule has 1 aliphatic heterocycles. The summed E-state index contributed by atoms with van der Waals surface area (Å²) < 4.78 is 7.90. The quantitative estimate of drug-likeness (QED) is 0.853. The number of hydrogen-bond acceptors (Lipinski definition) is 4. The Labute approximate surface area is 124 Å². The van der Waals surface area contributed by atoms with Crippen LogP contribution in [-0.2, 0) is 11.2 Å². The standard InChI is InChI=1S/C15H23N3OS/c1-2-5-16-12(10-14-4-3-7-19-14)9-13-11-18-6-8-20-15(18)17-13/h6,8,11-12,14,16H,2-5,7,9-10H2,1H3. The Bertz CT molecular complexity index is 501. The lowest BCUT2D eigenvalue weighted by molar-refractivity contribution is 0.0945. The molecule has 2 atom stereocenters. The molecule has 2 aromatic rings. The SMILES string of the molecule is CCCNC(Cc1cn2ccsc2n1)CC1CCCO1. The van der Waals surface area contributed by atoms with Crippen LogP contribution in [0.3, 0.4) is 0 Å². The molecule has 2 aromatic heterocycles. The highest BCUT2D eigenvalue weighted by atomic mass is 32.1. The third-order valence-electron chi connectivity index (χ3n) is 3.85. The number of fused-ring (bicyclic) bond motifs is 1. The van der Waals surface area contributed by atoms with Crippen molar-refractivity contribution in [2.24, 2.45) is 0 Å². The first-order chi connectivity index (χ1) is 9.85. The second-order valence-corrected chi connectivity index (χ2v) is 6.42. The Balaban J connectivity index is 1.63. The van der Waals surface area contributed by atoms with Gasteiger partial charge in [-0.05, 0) is 32.2 Å². The molecule has 0 saturated carbocycles. The van der Waals surface area contributed by atoms with Gasteiger partial charge in [0, 0.05) is 36.8 Å². The number of imidazole rings is 1. The zero-order valence-electron chi connectivity index (χ0n) is 12.0. The van der Waals surface area contributed by atoms with E-state index in [0.717, 1.165) is 31.0 Å². The molecule has 0 aliphatic carbocycles. The summed E-state index contributed by atoms with van der Waals surface area (Å²) in [6.07, 6.45) is 10.4. The zero-order valence-corrected chi connectivity index (χ0v) is 12.9. The number of nitrogens with zero attached hydrogens (tertiary/aromatic N) is 2. The van der Waals surface area contributed by atoms with E-state index in [-0.39, 0.29) is 0 Å². The van der Waals surface area contributed by atoms with Crippen molar-refractivity contribution in [3.05, 3.63) is 23.5 Å². The van der Waals surface area contributed by atoms with Crippen LogP contribution in [0, 0.1) is 0 Å². The summed E-state index contributed by atoms with van der Waals surface area (Å²) in [4.78, 5) is 5.79. The minimum Gasteiger partial charge on any atom is -0.378 e. The van der Waals surface area contributed by atoms with E-state index >= 15 is 0 Å². The molecule has 0 radical (unpaired) electrons. The van der Waals surface area contributed by atoms with Gasteiger partial charge in [0.15, 0.2) is 4.96 Å². The van der Waals surface area contributed by atoms with Gasteiger partial charge < -0.3 is 10.1 Å². The minimum atomic E-state index is 0.438. The number of rotatable bonds is 7. The fourth-order valence-corrected chi connectivity index (χ4v) is 3.58. The van der Waals surface area contributed by atoms with E-state index < -0.39 is 0 Å². The van der Waals surface area contributed by atoms with Gasteiger partial charge in [0.2, 0.25) is 0 Å². The highest BCUT2D eigenvalue weighted by molar-refractivity contribution is 7.15. The minimum absolute atomic E-state index is 0.438. The van der Waals surface area contributed by atoms with Gasteiger partial charge in [0.05, 0.1) is 11.8 Å². The molecule has 3 heterocycles. The van der Waals surface area contributed by atoms with Crippen molar-refractivity contribution in [3.63, 3.8) is 0 Å². The molecule has 5 heteroatoms. The Hall–Kier alpha value is -0.910. The van der Waals surface area contributed by atoms with E-state index in [9.17, 15) is 0 Å². The van der Waals surface area contributed by atoms with Crippen molar-refractivity contribution in [2.75, 3.05) is 13.2 Å². The highest BCUT2D eigenvalue weighted by Crippen LogP contribution is 2.19. The molecule has 0 spiro atoms. The van der Waals surface area contributed by atoms with Crippen LogP contribution in [0.5, 0.6) is 0 Å². The molecule has 1 N–H and O–H groups in total. The van der Waals surface area contributed by atoms with Gasteiger partial charge in [-0.25, -0.2) is 4.98 Å². The number of thiazole rings is 1. The average Bonchev–Trinajstić information content (AvgIpc) is 3.12. The number of aromatic nitrogens is 2. The van der Waals surface area contributed by atoms with Crippen molar-refractivity contribution in [1.29, 1.82) is 0 Å². The Morgan fingerprint density at radius 2 is 2.55 bits per heavy atom. The van der Waals surface area contributed by atoms with Crippen LogP contribution in [0.2, 0.25) is 0 Å².